The summed E-state index contributed by atoms with van der Waals surface area (Å²) in [5.74, 6) is 0. The molecule has 0 unspecified atom stereocenters. The van der Waals surface area contributed by atoms with Crippen molar-refractivity contribution < 1.29 is 0 Å². The monoisotopic (exact) mass is 171 g/mol. The van der Waals surface area contributed by atoms with Crippen molar-refractivity contribution in [1.82, 2.24) is 14.8 Å². The number of aromatic amines is 1. The minimum Gasteiger partial charge on any atom is -0.284 e. The summed E-state index contributed by atoms with van der Waals surface area (Å²) in [5, 5.41) is 4.59. The van der Waals surface area contributed by atoms with Gasteiger partial charge in [0.1, 0.15) is 0 Å². The lowest BCUT2D eigenvalue weighted by Crippen LogP contribution is -2.16. The normalized spacial score (nSPS) is 9.91. The largest absolute Gasteiger partial charge is 0.344 e. The van der Waals surface area contributed by atoms with Gasteiger partial charge < -0.3 is 0 Å². The molecule has 0 aliphatic rings. The highest BCUT2D eigenvalue weighted by atomic mass is 32.2. The summed E-state index contributed by atoms with van der Waals surface area (Å²) in [7, 11) is 0. The zero-order valence-electron chi connectivity index (χ0n) is 6.20. The Morgan fingerprint density at radius 1 is 1.91 bits per heavy atom. The van der Waals surface area contributed by atoms with Crippen LogP contribution in [0.1, 0.15) is 0 Å². The lowest BCUT2D eigenvalue weighted by molar-refractivity contribution is 0.659. The van der Waals surface area contributed by atoms with E-state index in [1.54, 1.807) is 6.08 Å². The van der Waals surface area contributed by atoms with Crippen LogP contribution in [0, 0.1) is 0 Å². The Kier molecular flexibility index (Phi) is 2.53. The Morgan fingerprint density at radius 3 is 3.09 bits per heavy atom. The van der Waals surface area contributed by atoms with Gasteiger partial charge in [0.2, 0.25) is 0 Å². The van der Waals surface area contributed by atoms with E-state index in [1.165, 1.54) is 16.4 Å². The maximum atomic E-state index is 11.0. The first-order chi connectivity index (χ1) is 5.27. The Balaban J connectivity index is 2.97. The highest BCUT2D eigenvalue weighted by Gasteiger charge is 2.00. The number of nitrogens with zero attached hydrogens (tertiary/aromatic N) is 2. The minimum absolute atomic E-state index is 0.186. The SMILES string of the molecule is C=CCn1nc(SC)[nH]c1=O. The Morgan fingerprint density at radius 2 is 2.64 bits per heavy atom. The predicted molar refractivity (Wildman–Crippen MR) is 44.8 cm³/mol. The van der Waals surface area contributed by atoms with Crippen molar-refractivity contribution in [3.05, 3.63) is 23.1 Å². The Hall–Kier alpha value is -0.970. The maximum Gasteiger partial charge on any atom is 0.344 e. The molecule has 0 atom stereocenters. The molecule has 1 aromatic rings. The third-order valence-electron chi connectivity index (χ3n) is 1.16. The molecule has 1 N–H and O–H groups in total. The van der Waals surface area contributed by atoms with E-state index in [0.717, 1.165) is 0 Å². The summed E-state index contributed by atoms with van der Waals surface area (Å²) >= 11 is 1.41. The molecule has 11 heavy (non-hydrogen) atoms. The highest BCUT2D eigenvalue weighted by molar-refractivity contribution is 7.98. The maximum absolute atomic E-state index is 11.0. The predicted octanol–water partition coefficient (Wildman–Crippen LogP) is 0.479. The van der Waals surface area contributed by atoms with Crippen LogP contribution in [0.5, 0.6) is 0 Å². The van der Waals surface area contributed by atoms with Crippen LogP contribution in [0.2, 0.25) is 0 Å². The van der Waals surface area contributed by atoms with Crippen molar-refractivity contribution in [2.24, 2.45) is 0 Å². The van der Waals surface area contributed by atoms with Gasteiger partial charge in [-0.1, -0.05) is 17.8 Å². The van der Waals surface area contributed by atoms with Gasteiger partial charge in [-0.3, -0.25) is 4.98 Å². The fourth-order valence-corrected chi connectivity index (χ4v) is 1.04. The highest BCUT2D eigenvalue weighted by Crippen LogP contribution is 2.02. The van der Waals surface area contributed by atoms with Crippen LogP contribution < -0.4 is 5.69 Å². The van der Waals surface area contributed by atoms with Crippen LogP contribution in [0.3, 0.4) is 0 Å². The third-order valence-corrected chi connectivity index (χ3v) is 1.73. The standard InChI is InChI=1S/C6H9N3OS/c1-3-4-9-6(10)7-5(8-9)11-2/h3H,1,4H2,2H3,(H,7,8,10). The molecular weight excluding hydrogens is 162 g/mol. The molecule has 0 aliphatic carbocycles. The van der Waals surface area contributed by atoms with E-state index in [9.17, 15) is 4.79 Å². The molecule has 1 rings (SSSR count). The van der Waals surface area contributed by atoms with E-state index < -0.39 is 0 Å². The second-order valence-corrected chi connectivity index (χ2v) is 2.71. The first kappa shape index (κ1) is 8.13. The van der Waals surface area contributed by atoms with E-state index in [2.05, 4.69) is 16.7 Å². The molecule has 4 nitrogen and oxygen atoms in total. The summed E-state index contributed by atoms with van der Waals surface area (Å²) in [6.07, 6.45) is 3.49. The molecule has 0 amide bonds. The van der Waals surface area contributed by atoms with Gasteiger partial charge in [0, 0.05) is 0 Å². The van der Waals surface area contributed by atoms with Gasteiger partial charge in [-0.05, 0) is 6.26 Å². The summed E-state index contributed by atoms with van der Waals surface area (Å²) < 4.78 is 1.33. The molecule has 0 saturated heterocycles. The van der Waals surface area contributed by atoms with E-state index in [1.807, 2.05) is 6.26 Å². The lowest BCUT2D eigenvalue weighted by Gasteiger charge is -1.88. The van der Waals surface area contributed by atoms with Crippen LogP contribution in [0.15, 0.2) is 22.6 Å². The second-order valence-electron chi connectivity index (χ2n) is 1.91. The quantitative estimate of drug-likeness (QED) is 0.531. The van der Waals surface area contributed by atoms with E-state index in [4.69, 9.17) is 0 Å². The number of nitrogens with one attached hydrogen (secondary N) is 1. The molecule has 0 spiro atoms. The number of H-pyrrole nitrogens is 1. The van der Waals surface area contributed by atoms with Gasteiger partial charge in [0.25, 0.3) is 0 Å². The summed E-state index contributed by atoms with van der Waals surface area (Å²) in [4.78, 5) is 13.6. The van der Waals surface area contributed by atoms with Gasteiger partial charge in [0.15, 0.2) is 5.16 Å². The summed E-state index contributed by atoms with van der Waals surface area (Å²) in [6, 6.07) is 0. The van der Waals surface area contributed by atoms with Crippen LogP contribution in [-0.4, -0.2) is 21.0 Å². The van der Waals surface area contributed by atoms with Crippen LogP contribution in [0.4, 0.5) is 0 Å². The molecule has 0 saturated carbocycles. The van der Waals surface area contributed by atoms with Gasteiger partial charge in [0.05, 0.1) is 6.54 Å². The molecule has 0 fully saturated rings. The first-order valence-corrected chi connectivity index (χ1v) is 4.32. The zero-order chi connectivity index (χ0) is 8.27. The van der Waals surface area contributed by atoms with Crippen molar-refractivity contribution in [2.45, 2.75) is 11.7 Å². The molecule has 60 valence electrons. The minimum atomic E-state index is -0.186. The molecule has 0 bridgehead atoms. The lowest BCUT2D eigenvalue weighted by atomic mass is 10.6. The molecule has 0 aliphatic heterocycles. The number of hydrogen-bond acceptors (Lipinski definition) is 3. The molecule has 5 heteroatoms. The van der Waals surface area contributed by atoms with Crippen molar-refractivity contribution in [3.8, 4) is 0 Å². The molecular formula is C6H9N3OS. The van der Waals surface area contributed by atoms with Gasteiger partial charge in [-0.2, -0.15) is 0 Å². The van der Waals surface area contributed by atoms with Crippen molar-refractivity contribution in [2.75, 3.05) is 6.26 Å². The molecule has 0 radical (unpaired) electrons. The number of hydrogen-bond donors (Lipinski definition) is 1. The van der Waals surface area contributed by atoms with Gasteiger partial charge >= 0.3 is 5.69 Å². The molecule has 1 aromatic heterocycles. The van der Waals surface area contributed by atoms with Gasteiger partial charge in [-0.25, -0.2) is 9.48 Å². The Labute approximate surface area is 68.3 Å². The number of rotatable bonds is 3. The zero-order valence-corrected chi connectivity index (χ0v) is 7.02. The van der Waals surface area contributed by atoms with Crippen LogP contribution in [-0.2, 0) is 6.54 Å². The smallest absolute Gasteiger partial charge is 0.284 e. The number of thioether (sulfide) groups is 1. The fraction of sp³-hybridized carbons (Fsp3) is 0.333. The second kappa shape index (κ2) is 3.43. The fourth-order valence-electron chi connectivity index (χ4n) is 0.674. The van der Waals surface area contributed by atoms with Crippen molar-refractivity contribution >= 4 is 11.8 Å². The van der Waals surface area contributed by atoms with E-state index >= 15 is 0 Å². The molecule has 0 aromatic carbocycles. The topological polar surface area (TPSA) is 50.7 Å². The van der Waals surface area contributed by atoms with Crippen LogP contribution in [0.25, 0.3) is 0 Å². The average molecular weight is 171 g/mol. The molecule has 1 heterocycles. The Bertz CT molecular complexity index is 301. The first-order valence-electron chi connectivity index (χ1n) is 3.10. The summed E-state index contributed by atoms with van der Waals surface area (Å²) in [6.45, 7) is 3.97. The third kappa shape index (κ3) is 1.74. The average Bonchev–Trinajstić information content (AvgIpc) is 2.33. The van der Waals surface area contributed by atoms with Gasteiger partial charge in [-0.15, -0.1) is 11.7 Å². The van der Waals surface area contributed by atoms with E-state index in [0.29, 0.717) is 11.7 Å². The van der Waals surface area contributed by atoms with Crippen molar-refractivity contribution in [3.63, 3.8) is 0 Å². The number of aromatic nitrogens is 3. The van der Waals surface area contributed by atoms with Crippen molar-refractivity contribution in [1.29, 1.82) is 0 Å². The number of allylic oxidation sites excluding steroid dienone is 1. The summed E-state index contributed by atoms with van der Waals surface area (Å²) in [5.41, 5.74) is -0.186. The van der Waals surface area contributed by atoms with Crippen LogP contribution >= 0.6 is 11.8 Å². The van der Waals surface area contributed by atoms with E-state index in [-0.39, 0.29) is 5.69 Å².